The summed E-state index contributed by atoms with van der Waals surface area (Å²) in [4.78, 5) is 24.6. The van der Waals surface area contributed by atoms with Crippen LogP contribution in [0.25, 0.3) is 11.0 Å². The lowest BCUT2D eigenvalue weighted by atomic mass is 10.1. The summed E-state index contributed by atoms with van der Waals surface area (Å²) >= 11 is 3.38. The molecule has 2 aromatic carbocycles. The second-order valence-electron chi connectivity index (χ2n) is 6.10. The van der Waals surface area contributed by atoms with E-state index in [-0.39, 0.29) is 17.3 Å². The Morgan fingerprint density at radius 3 is 2.65 bits per heavy atom. The van der Waals surface area contributed by atoms with Crippen LogP contribution in [0, 0.1) is 0 Å². The molecule has 0 bridgehead atoms. The first-order chi connectivity index (χ1) is 12.4. The first kappa shape index (κ1) is 16.6. The molecule has 3 aromatic rings. The molecular formula is C20H13BrO5. The number of fused-ring (bicyclic) bond motifs is 2. The van der Waals surface area contributed by atoms with Gasteiger partial charge in [0.1, 0.15) is 17.1 Å². The summed E-state index contributed by atoms with van der Waals surface area (Å²) in [6.45, 7) is 3.61. The van der Waals surface area contributed by atoms with Crippen molar-refractivity contribution in [3.8, 4) is 11.5 Å². The van der Waals surface area contributed by atoms with E-state index in [9.17, 15) is 9.59 Å². The lowest BCUT2D eigenvalue weighted by Gasteiger charge is -2.04. The molecule has 1 aliphatic rings. The van der Waals surface area contributed by atoms with Crippen molar-refractivity contribution >= 4 is 38.7 Å². The molecule has 0 spiro atoms. The number of benzene rings is 2. The molecule has 0 radical (unpaired) electrons. The third-order valence-electron chi connectivity index (χ3n) is 3.96. The Bertz CT molecular complexity index is 1100. The minimum Gasteiger partial charge on any atom is -0.452 e. The summed E-state index contributed by atoms with van der Waals surface area (Å²) in [5.41, 5.74) is 1.84. The fraction of sp³-hybridized carbons (Fsp3) is 0.100. The second-order valence-corrected chi connectivity index (χ2v) is 7.02. The highest BCUT2D eigenvalue weighted by Crippen LogP contribution is 2.35. The van der Waals surface area contributed by atoms with E-state index in [1.165, 1.54) is 6.07 Å². The van der Waals surface area contributed by atoms with E-state index in [0.717, 1.165) is 15.4 Å². The van der Waals surface area contributed by atoms with E-state index in [1.54, 1.807) is 38.1 Å². The van der Waals surface area contributed by atoms with E-state index in [2.05, 4.69) is 15.9 Å². The molecule has 2 heterocycles. The normalized spacial score (nSPS) is 12.9. The molecule has 0 aliphatic carbocycles. The lowest BCUT2D eigenvalue weighted by Crippen LogP contribution is -2.07. The minimum absolute atomic E-state index is 0.0978. The zero-order valence-corrected chi connectivity index (χ0v) is 15.5. The molecule has 0 amide bonds. The average Bonchev–Trinajstić information content (AvgIpc) is 3.16. The number of ether oxygens (including phenoxy) is 2. The summed E-state index contributed by atoms with van der Waals surface area (Å²) in [6.07, 6.45) is 0. The Morgan fingerprint density at radius 1 is 1.08 bits per heavy atom. The van der Waals surface area contributed by atoms with E-state index in [0.29, 0.717) is 22.7 Å². The second kappa shape index (κ2) is 6.14. The van der Waals surface area contributed by atoms with Gasteiger partial charge in [0, 0.05) is 15.9 Å². The molecule has 6 heteroatoms. The number of Topliss-reactive ketones (excluding diaryl/α,β-unsaturated/α-hetero) is 1. The highest BCUT2D eigenvalue weighted by atomic mass is 79.9. The highest BCUT2D eigenvalue weighted by Gasteiger charge is 2.29. The van der Waals surface area contributed by atoms with Crippen molar-refractivity contribution in [1.82, 2.24) is 0 Å². The first-order valence-electron chi connectivity index (χ1n) is 7.88. The van der Waals surface area contributed by atoms with Gasteiger partial charge in [-0.3, -0.25) is 4.79 Å². The number of allylic oxidation sites excluding steroid dienone is 2. The van der Waals surface area contributed by atoms with Crippen molar-refractivity contribution < 1.29 is 23.5 Å². The first-order valence-corrected chi connectivity index (χ1v) is 8.67. The molecule has 0 saturated heterocycles. The van der Waals surface area contributed by atoms with Crippen LogP contribution < -0.4 is 9.47 Å². The number of furan rings is 1. The van der Waals surface area contributed by atoms with Gasteiger partial charge in [-0.2, -0.15) is 0 Å². The monoisotopic (exact) mass is 412 g/mol. The van der Waals surface area contributed by atoms with Gasteiger partial charge in [0.15, 0.2) is 5.76 Å². The number of carbonyl (C=O) groups is 2. The largest absolute Gasteiger partial charge is 0.452 e. The number of esters is 1. The number of ketones is 1. The minimum atomic E-state index is -0.621. The van der Waals surface area contributed by atoms with Crippen molar-refractivity contribution in [3.63, 3.8) is 0 Å². The third kappa shape index (κ3) is 2.82. The third-order valence-corrected chi connectivity index (χ3v) is 4.45. The predicted molar refractivity (Wildman–Crippen MR) is 98.6 cm³/mol. The molecule has 1 aliphatic heterocycles. The van der Waals surface area contributed by atoms with Gasteiger partial charge in [-0.15, -0.1) is 0 Å². The zero-order valence-electron chi connectivity index (χ0n) is 14.0. The maximum Gasteiger partial charge on any atom is 0.379 e. The van der Waals surface area contributed by atoms with Crippen LogP contribution in [0.4, 0.5) is 0 Å². The Kier molecular flexibility index (Phi) is 3.92. The maximum atomic E-state index is 12.4. The molecule has 0 unspecified atom stereocenters. The molecule has 4 rings (SSSR count). The number of hydrogen-bond acceptors (Lipinski definition) is 5. The molecule has 5 nitrogen and oxygen atoms in total. The van der Waals surface area contributed by atoms with Crippen LogP contribution in [0.1, 0.15) is 34.8 Å². The zero-order chi connectivity index (χ0) is 18.4. The number of halogens is 1. The topological polar surface area (TPSA) is 65.7 Å². The van der Waals surface area contributed by atoms with Crippen LogP contribution in [-0.2, 0) is 0 Å². The van der Waals surface area contributed by atoms with Gasteiger partial charge in [-0.25, -0.2) is 4.79 Å². The van der Waals surface area contributed by atoms with Crippen LogP contribution >= 0.6 is 15.9 Å². The molecule has 0 N–H and O–H groups in total. The summed E-state index contributed by atoms with van der Waals surface area (Å²) in [7, 11) is 0. The quantitative estimate of drug-likeness (QED) is 0.325. The molecule has 130 valence electrons. The van der Waals surface area contributed by atoms with Gasteiger partial charge in [-0.05, 0) is 55.8 Å². The van der Waals surface area contributed by atoms with Gasteiger partial charge in [-0.1, -0.05) is 15.9 Å². The molecule has 0 saturated carbocycles. The Balaban J connectivity index is 1.60. The molecule has 26 heavy (non-hydrogen) atoms. The fourth-order valence-corrected chi connectivity index (χ4v) is 3.10. The Hall–Kier alpha value is -2.86. The SMILES string of the molecule is CC(C)=C1Oc2cc(OC(=O)c3cc4cc(Br)ccc4o3)ccc2C1=O. The van der Waals surface area contributed by atoms with Gasteiger partial charge in [0.25, 0.3) is 0 Å². The summed E-state index contributed by atoms with van der Waals surface area (Å²) in [6, 6.07) is 11.8. The average molecular weight is 413 g/mol. The van der Waals surface area contributed by atoms with Crippen molar-refractivity contribution in [3.05, 3.63) is 69.6 Å². The molecule has 0 fully saturated rings. The van der Waals surface area contributed by atoms with Crippen LogP contribution in [0.2, 0.25) is 0 Å². The van der Waals surface area contributed by atoms with Crippen LogP contribution in [0.5, 0.6) is 11.5 Å². The fourth-order valence-electron chi connectivity index (χ4n) is 2.72. The molecular weight excluding hydrogens is 400 g/mol. The van der Waals surface area contributed by atoms with Crippen LogP contribution in [-0.4, -0.2) is 11.8 Å². The van der Waals surface area contributed by atoms with Crippen LogP contribution in [0.3, 0.4) is 0 Å². The smallest absolute Gasteiger partial charge is 0.379 e. The van der Waals surface area contributed by atoms with Gasteiger partial charge in [0.2, 0.25) is 11.5 Å². The van der Waals surface area contributed by atoms with Crippen molar-refractivity contribution in [2.75, 3.05) is 0 Å². The van der Waals surface area contributed by atoms with E-state index >= 15 is 0 Å². The van der Waals surface area contributed by atoms with Crippen LogP contribution in [0.15, 0.2) is 62.7 Å². The highest BCUT2D eigenvalue weighted by molar-refractivity contribution is 9.10. The Labute approximate surface area is 157 Å². The number of hydrogen-bond donors (Lipinski definition) is 0. The Morgan fingerprint density at radius 2 is 1.88 bits per heavy atom. The summed E-state index contributed by atoms with van der Waals surface area (Å²) < 4.78 is 17.4. The van der Waals surface area contributed by atoms with Gasteiger partial charge in [0.05, 0.1) is 5.56 Å². The molecule has 0 atom stereocenters. The standard InChI is InChI=1S/C20H13BrO5/c1-10(2)19-18(22)14-5-4-13(9-16(14)26-19)24-20(23)17-8-11-7-12(21)3-6-15(11)25-17/h3-9H,1-2H3. The molecule has 1 aromatic heterocycles. The maximum absolute atomic E-state index is 12.4. The summed E-state index contributed by atoms with van der Waals surface area (Å²) in [5, 5.41) is 0.794. The van der Waals surface area contributed by atoms with Gasteiger partial charge >= 0.3 is 5.97 Å². The van der Waals surface area contributed by atoms with E-state index < -0.39 is 5.97 Å². The van der Waals surface area contributed by atoms with E-state index in [1.807, 2.05) is 12.1 Å². The number of rotatable bonds is 2. The predicted octanol–water partition coefficient (Wildman–Crippen LogP) is 5.28. The van der Waals surface area contributed by atoms with Crippen molar-refractivity contribution in [2.45, 2.75) is 13.8 Å². The lowest BCUT2D eigenvalue weighted by molar-refractivity contribution is 0.0703. The van der Waals surface area contributed by atoms with Crippen molar-refractivity contribution in [2.24, 2.45) is 0 Å². The summed E-state index contributed by atoms with van der Waals surface area (Å²) in [5.74, 6) is 0.278. The van der Waals surface area contributed by atoms with E-state index in [4.69, 9.17) is 13.9 Å². The van der Waals surface area contributed by atoms with Gasteiger partial charge < -0.3 is 13.9 Å². The number of carbonyl (C=O) groups excluding carboxylic acids is 2. The van der Waals surface area contributed by atoms with Crippen molar-refractivity contribution in [1.29, 1.82) is 0 Å².